The fraction of sp³-hybridized carbons (Fsp3) is 0.611. The molecule has 4 nitrogen and oxygen atoms in total. The molecule has 0 aromatic heterocycles. The minimum absolute atomic E-state index is 0.0989. The van der Waals surface area contributed by atoms with Crippen LogP contribution < -0.4 is 11.1 Å². The molecule has 22 heavy (non-hydrogen) atoms. The van der Waals surface area contributed by atoms with E-state index in [2.05, 4.69) is 26.1 Å². The van der Waals surface area contributed by atoms with Crippen LogP contribution >= 0.6 is 0 Å². The molecule has 0 bridgehead atoms. The summed E-state index contributed by atoms with van der Waals surface area (Å²) in [6.45, 7) is 8.19. The number of amides is 1. The van der Waals surface area contributed by atoms with Crippen LogP contribution in [-0.2, 0) is 9.53 Å². The van der Waals surface area contributed by atoms with Crippen molar-refractivity contribution in [2.24, 2.45) is 17.1 Å². The van der Waals surface area contributed by atoms with Crippen LogP contribution in [0.15, 0.2) is 30.3 Å². The second-order valence-electron chi connectivity index (χ2n) is 7.21. The Labute approximate surface area is 133 Å². The van der Waals surface area contributed by atoms with Gasteiger partial charge in [0, 0.05) is 13.2 Å². The van der Waals surface area contributed by atoms with Gasteiger partial charge >= 0.3 is 0 Å². The quantitative estimate of drug-likeness (QED) is 0.879. The third-order valence-electron chi connectivity index (χ3n) is 4.30. The maximum atomic E-state index is 11.8. The van der Waals surface area contributed by atoms with Crippen molar-refractivity contribution in [3.8, 4) is 0 Å². The minimum Gasteiger partial charge on any atom is -0.377 e. The Morgan fingerprint density at radius 2 is 2.05 bits per heavy atom. The van der Waals surface area contributed by atoms with Gasteiger partial charge in [-0.3, -0.25) is 4.79 Å². The molecule has 122 valence electrons. The molecule has 4 heteroatoms. The van der Waals surface area contributed by atoms with E-state index in [1.165, 1.54) is 0 Å². The predicted octanol–water partition coefficient (Wildman–Crippen LogP) is 2.64. The Hall–Kier alpha value is -1.39. The molecule has 1 fully saturated rings. The van der Waals surface area contributed by atoms with Crippen molar-refractivity contribution in [1.82, 2.24) is 5.32 Å². The van der Waals surface area contributed by atoms with E-state index in [9.17, 15) is 4.79 Å². The largest absolute Gasteiger partial charge is 0.377 e. The lowest BCUT2D eigenvalue weighted by Crippen LogP contribution is -2.46. The van der Waals surface area contributed by atoms with Crippen LogP contribution in [0, 0.1) is 11.3 Å². The fourth-order valence-electron chi connectivity index (χ4n) is 3.31. The number of nitrogens with one attached hydrogen (secondary N) is 1. The maximum Gasteiger partial charge on any atom is 0.239 e. The number of ether oxygens (including phenoxy) is 1. The minimum atomic E-state index is -0.441. The summed E-state index contributed by atoms with van der Waals surface area (Å²) in [6, 6.07) is 9.21. The van der Waals surface area contributed by atoms with E-state index in [4.69, 9.17) is 10.5 Å². The van der Waals surface area contributed by atoms with Crippen molar-refractivity contribution in [2.75, 3.05) is 13.2 Å². The highest BCUT2D eigenvalue weighted by atomic mass is 16.5. The summed E-state index contributed by atoms with van der Waals surface area (Å²) in [4.78, 5) is 11.8. The van der Waals surface area contributed by atoms with E-state index in [-0.39, 0.29) is 17.4 Å². The second-order valence-corrected chi connectivity index (χ2v) is 7.21. The van der Waals surface area contributed by atoms with Gasteiger partial charge in [0.1, 0.15) is 6.04 Å². The van der Waals surface area contributed by atoms with Crippen LogP contribution in [0.25, 0.3) is 0 Å². The van der Waals surface area contributed by atoms with Crippen LogP contribution in [0.2, 0.25) is 0 Å². The molecule has 1 saturated heterocycles. The van der Waals surface area contributed by atoms with Crippen LogP contribution in [0.3, 0.4) is 0 Å². The van der Waals surface area contributed by atoms with E-state index in [0.717, 1.165) is 31.6 Å². The lowest BCUT2D eigenvalue weighted by atomic mass is 9.78. The highest BCUT2D eigenvalue weighted by Crippen LogP contribution is 2.34. The average molecular weight is 304 g/mol. The zero-order valence-corrected chi connectivity index (χ0v) is 13.8. The van der Waals surface area contributed by atoms with E-state index >= 15 is 0 Å². The molecular weight excluding hydrogens is 276 g/mol. The second kappa shape index (κ2) is 7.25. The van der Waals surface area contributed by atoms with E-state index in [1.807, 2.05) is 30.3 Å². The third-order valence-corrected chi connectivity index (χ3v) is 4.30. The molecule has 1 aliphatic heterocycles. The SMILES string of the molecule is CC(C)(C)[C@@H]1OCCC[C@@H]1CN[C@@H](C(N)=O)c1ccccc1. The van der Waals surface area contributed by atoms with Gasteiger partial charge in [-0.05, 0) is 29.7 Å². The molecule has 1 heterocycles. The number of hydrogen-bond donors (Lipinski definition) is 2. The molecule has 1 aliphatic rings. The molecule has 0 aliphatic carbocycles. The van der Waals surface area contributed by atoms with Crippen LogP contribution in [-0.4, -0.2) is 25.2 Å². The van der Waals surface area contributed by atoms with Gasteiger partial charge in [0.2, 0.25) is 5.91 Å². The maximum absolute atomic E-state index is 11.8. The number of carbonyl (C=O) groups excluding carboxylic acids is 1. The monoisotopic (exact) mass is 304 g/mol. The van der Waals surface area contributed by atoms with Crippen molar-refractivity contribution in [3.63, 3.8) is 0 Å². The van der Waals surface area contributed by atoms with E-state index in [1.54, 1.807) is 0 Å². The molecule has 1 aromatic carbocycles. The first-order chi connectivity index (χ1) is 10.4. The Balaban J connectivity index is 2.04. The van der Waals surface area contributed by atoms with Crippen molar-refractivity contribution >= 4 is 5.91 Å². The molecule has 3 N–H and O–H groups in total. The topological polar surface area (TPSA) is 64.3 Å². The third kappa shape index (κ3) is 4.31. The van der Waals surface area contributed by atoms with Gasteiger partial charge in [-0.2, -0.15) is 0 Å². The van der Waals surface area contributed by atoms with Gasteiger partial charge in [0.25, 0.3) is 0 Å². The summed E-state index contributed by atoms with van der Waals surface area (Å²) in [5.74, 6) is 0.0644. The summed E-state index contributed by atoms with van der Waals surface area (Å²) in [7, 11) is 0. The summed E-state index contributed by atoms with van der Waals surface area (Å²) in [6.07, 6.45) is 2.40. The smallest absolute Gasteiger partial charge is 0.239 e. The summed E-state index contributed by atoms with van der Waals surface area (Å²) >= 11 is 0. The number of benzene rings is 1. The molecule has 2 rings (SSSR count). The zero-order valence-electron chi connectivity index (χ0n) is 13.8. The van der Waals surface area contributed by atoms with Crippen molar-refractivity contribution in [2.45, 2.75) is 45.8 Å². The highest BCUT2D eigenvalue weighted by molar-refractivity contribution is 5.81. The summed E-state index contributed by atoms with van der Waals surface area (Å²) in [5, 5.41) is 3.35. The van der Waals surface area contributed by atoms with Gasteiger partial charge in [0.15, 0.2) is 0 Å². The normalized spacial score (nSPS) is 24.0. The molecule has 0 radical (unpaired) electrons. The Morgan fingerprint density at radius 1 is 1.36 bits per heavy atom. The molecule has 0 unspecified atom stereocenters. The molecule has 3 atom stereocenters. The van der Waals surface area contributed by atoms with Gasteiger partial charge in [-0.25, -0.2) is 0 Å². The van der Waals surface area contributed by atoms with Crippen LogP contribution in [0.5, 0.6) is 0 Å². The zero-order chi connectivity index (χ0) is 16.2. The average Bonchev–Trinajstić information content (AvgIpc) is 2.47. The first-order valence-corrected chi connectivity index (χ1v) is 8.09. The summed E-state index contributed by atoms with van der Waals surface area (Å²) in [5.41, 5.74) is 6.59. The van der Waals surface area contributed by atoms with Crippen molar-refractivity contribution in [3.05, 3.63) is 35.9 Å². The first-order valence-electron chi connectivity index (χ1n) is 8.09. The number of hydrogen-bond acceptors (Lipinski definition) is 3. The van der Waals surface area contributed by atoms with Gasteiger partial charge in [0.05, 0.1) is 6.10 Å². The fourth-order valence-corrected chi connectivity index (χ4v) is 3.31. The van der Waals surface area contributed by atoms with Gasteiger partial charge < -0.3 is 15.8 Å². The molecule has 0 spiro atoms. The van der Waals surface area contributed by atoms with Crippen molar-refractivity contribution in [1.29, 1.82) is 0 Å². The highest BCUT2D eigenvalue weighted by Gasteiger charge is 2.35. The Kier molecular flexibility index (Phi) is 5.59. The molecular formula is C18H28N2O2. The first kappa shape index (κ1) is 17.0. The number of rotatable bonds is 5. The van der Waals surface area contributed by atoms with Crippen LogP contribution in [0.4, 0.5) is 0 Å². The van der Waals surface area contributed by atoms with E-state index < -0.39 is 6.04 Å². The van der Waals surface area contributed by atoms with Gasteiger partial charge in [-0.1, -0.05) is 51.1 Å². The number of primary amides is 1. The van der Waals surface area contributed by atoms with E-state index in [0.29, 0.717) is 5.92 Å². The Bertz CT molecular complexity index is 482. The lowest BCUT2D eigenvalue weighted by Gasteiger charge is -2.40. The molecule has 1 aromatic rings. The number of nitrogens with two attached hydrogens (primary N) is 1. The lowest BCUT2D eigenvalue weighted by molar-refractivity contribution is -0.120. The summed E-state index contributed by atoms with van der Waals surface area (Å²) < 4.78 is 6.00. The predicted molar refractivity (Wildman–Crippen MR) is 88.3 cm³/mol. The molecule has 1 amide bonds. The standard InChI is InChI=1S/C18H28N2O2/c1-18(2,3)16-14(10-7-11-22-16)12-20-15(17(19)21)13-8-5-4-6-9-13/h4-6,8-9,14-16,20H,7,10-12H2,1-3H3,(H2,19,21)/t14-,15-,16-/m1/s1. The van der Waals surface area contributed by atoms with Crippen molar-refractivity contribution < 1.29 is 9.53 Å². The molecule has 0 saturated carbocycles. The Morgan fingerprint density at radius 3 is 2.64 bits per heavy atom. The van der Waals surface area contributed by atoms with Crippen LogP contribution in [0.1, 0.15) is 45.2 Å². The number of carbonyl (C=O) groups is 1. The van der Waals surface area contributed by atoms with Gasteiger partial charge in [-0.15, -0.1) is 0 Å².